The van der Waals surface area contributed by atoms with Crippen LogP contribution in [0.15, 0.2) is 21.7 Å². The molecular weight excluding hydrogens is 372 g/mol. The summed E-state index contributed by atoms with van der Waals surface area (Å²) < 4.78 is 8.11. The number of carbonyl (C=O) groups excluding carboxylic acids is 1. The van der Waals surface area contributed by atoms with Crippen molar-refractivity contribution >= 4 is 28.9 Å². The molecule has 9 heteroatoms. The molecule has 0 aromatic carbocycles. The number of aryl methyl sites for hydroxylation is 1. The molecule has 0 bridgehead atoms. The second-order valence-electron chi connectivity index (χ2n) is 7.71. The minimum absolute atomic E-state index is 0.237. The zero-order valence-electron chi connectivity index (χ0n) is 15.9. The van der Waals surface area contributed by atoms with Gasteiger partial charge in [0.05, 0.1) is 5.52 Å². The number of aromatic nitrogens is 3. The first-order valence-corrected chi connectivity index (χ1v) is 9.22. The Morgan fingerprint density at radius 3 is 2.41 bits per heavy atom. The number of hydrogen-bond donors (Lipinski definition) is 0. The van der Waals surface area contributed by atoms with E-state index < -0.39 is 16.7 Å². The highest BCUT2D eigenvalue weighted by Crippen LogP contribution is 2.25. The monoisotopic (exact) mass is 394 g/mol. The van der Waals surface area contributed by atoms with Crippen molar-refractivity contribution in [2.24, 2.45) is 7.05 Å². The maximum atomic E-state index is 12.7. The molecule has 0 atom stereocenters. The maximum absolute atomic E-state index is 12.7. The molecule has 2 aromatic heterocycles. The van der Waals surface area contributed by atoms with Crippen molar-refractivity contribution < 1.29 is 9.53 Å². The van der Waals surface area contributed by atoms with Crippen LogP contribution in [0.5, 0.6) is 0 Å². The molecule has 0 spiro atoms. The van der Waals surface area contributed by atoms with E-state index in [-0.39, 0.29) is 17.3 Å². The lowest BCUT2D eigenvalue weighted by Gasteiger charge is -2.34. The zero-order valence-corrected chi connectivity index (χ0v) is 16.6. The van der Waals surface area contributed by atoms with Crippen LogP contribution in [0.25, 0.3) is 11.2 Å². The highest BCUT2D eigenvalue weighted by atomic mass is 35.5. The highest BCUT2D eigenvalue weighted by Gasteiger charge is 2.29. The summed E-state index contributed by atoms with van der Waals surface area (Å²) in [5.74, 6) is 0. The van der Waals surface area contributed by atoms with E-state index in [9.17, 15) is 14.4 Å². The van der Waals surface area contributed by atoms with Crippen LogP contribution in [-0.2, 0) is 11.8 Å². The van der Waals surface area contributed by atoms with Gasteiger partial charge in [-0.2, -0.15) is 0 Å². The van der Waals surface area contributed by atoms with E-state index in [1.165, 1.54) is 16.2 Å². The lowest BCUT2D eigenvalue weighted by atomic mass is 10.0. The lowest BCUT2D eigenvalue weighted by Crippen LogP contribution is -2.46. The topological polar surface area (TPSA) is 86.4 Å². The summed E-state index contributed by atoms with van der Waals surface area (Å²) in [6, 6.07) is 3.03. The maximum Gasteiger partial charge on any atom is 0.410 e. The number of carbonyl (C=O) groups is 1. The minimum Gasteiger partial charge on any atom is -0.444 e. The van der Waals surface area contributed by atoms with Crippen LogP contribution in [0.4, 0.5) is 4.79 Å². The van der Waals surface area contributed by atoms with Crippen molar-refractivity contribution in [3.8, 4) is 0 Å². The number of piperidine rings is 1. The molecule has 27 heavy (non-hydrogen) atoms. The Bertz CT molecular complexity index is 997. The summed E-state index contributed by atoms with van der Waals surface area (Å²) in [7, 11) is 1.54. The Morgan fingerprint density at radius 2 is 1.81 bits per heavy atom. The van der Waals surface area contributed by atoms with Crippen molar-refractivity contribution in [1.29, 1.82) is 0 Å². The Morgan fingerprint density at radius 1 is 1.19 bits per heavy atom. The van der Waals surface area contributed by atoms with Gasteiger partial charge in [0.2, 0.25) is 0 Å². The van der Waals surface area contributed by atoms with Crippen LogP contribution in [0.3, 0.4) is 0 Å². The number of rotatable bonds is 1. The Labute approximate surface area is 161 Å². The standard InChI is InChI=1S/C18H23ClN4O4/c1-18(2,3)27-17(26)22-9-7-11(8-10-22)23-14-12(5-6-13(19)20-14)21(4)15(24)16(23)25/h5-6,11H,7-10H2,1-4H3. The van der Waals surface area contributed by atoms with Gasteiger partial charge in [-0.1, -0.05) is 11.6 Å². The first-order chi connectivity index (χ1) is 12.6. The first-order valence-electron chi connectivity index (χ1n) is 8.84. The molecule has 0 radical (unpaired) electrons. The lowest BCUT2D eigenvalue weighted by molar-refractivity contribution is 0.0188. The summed E-state index contributed by atoms with van der Waals surface area (Å²) in [6.45, 7) is 6.32. The van der Waals surface area contributed by atoms with Crippen LogP contribution < -0.4 is 11.1 Å². The second kappa shape index (κ2) is 6.99. The molecule has 0 saturated carbocycles. The first kappa shape index (κ1) is 19.4. The number of fused-ring (bicyclic) bond motifs is 1. The molecule has 2 aromatic rings. The van der Waals surface area contributed by atoms with Crippen molar-refractivity contribution in [2.75, 3.05) is 13.1 Å². The molecule has 1 saturated heterocycles. The van der Waals surface area contributed by atoms with Crippen LogP contribution in [0, 0.1) is 0 Å². The minimum atomic E-state index is -0.629. The molecule has 1 amide bonds. The van der Waals surface area contributed by atoms with Crippen molar-refractivity contribution in [3.05, 3.63) is 38.0 Å². The van der Waals surface area contributed by atoms with Gasteiger partial charge in [0.25, 0.3) is 0 Å². The van der Waals surface area contributed by atoms with Crippen LogP contribution in [0.1, 0.15) is 39.7 Å². The molecule has 8 nitrogen and oxygen atoms in total. The molecule has 146 valence electrons. The van der Waals surface area contributed by atoms with E-state index in [4.69, 9.17) is 16.3 Å². The molecule has 3 heterocycles. The molecule has 0 unspecified atom stereocenters. The van der Waals surface area contributed by atoms with Crippen LogP contribution in [0.2, 0.25) is 5.15 Å². The van der Waals surface area contributed by atoms with Gasteiger partial charge in [0.15, 0.2) is 5.65 Å². The van der Waals surface area contributed by atoms with Gasteiger partial charge in [-0.25, -0.2) is 9.78 Å². The van der Waals surface area contributed by atoms with E-state index >= 15 is 0 Å². The summed E-state index contributed by atoms with van der Waals surface area (Å²) >= 11 is 6.02. The fourth-order valence-electron chi connectivity index (χ4n) is 3.28. The van der Waals surface area contributed by atoms with Crippen LogP contribution in [-0.4, -0.2) is 43.8 Å². The normalized spacial score (nSPS) is 16.0. The SMILES string of the molecule is Cn1c(=O)c(=O)n(C2CCN(C(=O)OC(C)(C)C)CC2)c2nc(Cl)ccc21. The van der Waals surface area contributed by atoms with Gasteiger partial charge in [-0.05, 0) is 45.7 Å². The third kappa shape index (κ3) is 3.85. The average Bonchev–Trinajstić information content (AvgIpc) is 2.59. The highest BCUT2D eigenvalue weighted by molar-refractivity contribution is 6.29. The van der Waals surface area contributed by atoms with Gasteiger partial charge < -0.3 is 14.2 Å². The predicted molar refractivity (Wildman–Crippen MR) is 102 cm³/mol. The summed E-state index contributed by atoms with van der Waals surface area (Å²) in [6.07, 6.45) is 0.675. The largest absolute Gasteiger partial charge is 0.444 e. The number of pyridine rings is 1. The molecule has 1 fully saturated rings. The molecular formula is C18H23ClN4O4. The smallest absolute Gasteiger partial charge is 0.410 e. The number of ether oxygens (including phenoxy) is 1. The molecule has 1 aliphatic heterocycles. The molecule has 1 aliphatic rings. The summed E-state index contributed by atoms with van der Waals surface area (Å²) in [5.41, 5.74) is -0.881. The van der Waals surface area contributed by atoms with Gasteiger partial charge in [-0.15, -0.1) is 0 Å². The quantitative estimate of drug-likeness (QED) is 0.547. The fraction of sp³-hybridized carbons (Fsp3) is 0.556. The van der Waals surface area contributed by atoms with Crippen molar-refractivity contribution in [1.82, 2.24) is 19.0 Å². The number of hydrogen-bond acceptors (Lipinski definition) is 5. The average molecular weight is 395 g/mol. The van der Waals surface area contributed by atoms with E-state index in [2.05, 4.69) is 4.98 Å². The van der Waals surface area contributed by atoms with Gasteiger partial charge in [0, 0.05) is 26.2 Å². The fourth-order valence-corrected chi connectivity index (χ4v) is 3.42. The third-order valence-corrected chi connectivity index (χ3v) is 4.81. The summed E-state index contributed by atoms with van der Waals surface area (Å²) in [5, 5.41) is 0.250. The Hall–Kier alpha value is -2.35. The van der Waals surface area contributed by atoms with Crippen molar-refractivity contribution in [2.45, 2.75) is 45.3 Å². The zero-order chi connectivity index (χ0) is 19.9. The molecule has 0 N–H and O–H groups in total. The number of nitrogens with zero attached hydrogens (tertiary/aromatic N) is 4. The molecule has 3 rings (SSSR count). The van der Waals surface area contributed by atoms with Gasteiger partial charge in [-0.3, -0.25) is 14.2 Å². The second-order valence-corrected chi connectivity index (χ2v) is 8.10. The van der Waals surface area contributed by atoms with Crippen LogP contribution >= 0.6 is 11.6 Å². The number of halogens is 1. The van der Waals surface area contributed by atoms with E-state index in [0.29, 0.717) is 37.1 Å². The summed E-state index contributed by atoms with van der Waals surface area (Å²) in [4.78, 5) is 43.1. The predicted octanol–water partition coefficient (Wildman–Crippen LogP) is 2.32. The van der Waals surface area contributed by atoms with Crippen molar-refractivity contribution in [3.63, 3.8) is 0 Å². The number of likely N-dealkylation sites (tertiary alicyclic amines) is 1. The third-order valence-electron chi connectivity index (χ3n) is 4.60. The van der Waals surface area contributed by atoms with E-state index in [0.717, 1.165) is 0 Å². The Balaban J connectivity index is 1.92. The van der Waals surface area contributed by atoms with E-state index in [1.807, 2.05) is 20.8 Å². The van der Waals surface area contributed by atoms with Gasteiger partial charge >= 0.3 is 17.2 Å². The Kier molecular flexibility index (Phi) is 5.03. The van der Waals surface area contributed by atoms with Gasteiger partial charge in [0.1, 0.15) is 10.8 Å². The van der Waals surface area contributed by atoms with E-state index in [1.54, 1.807) is 17.0 Å². The molecule has 0 aliphatic carbocycles. The number of amides is 1.